The number of likely N-dealkylation sites (tertiary alicyclic amines) is 1. The van der Waals surface area contributed by atoms with Crippen molar-refractivity contribution < 1.29 is 4.79 Å². The molecular formula is C17H18Cl2N4O. The molecule has 0 saturated carbocycles. The lowest BCUT2D eigenvalue weighted by atomic mass is 10.2. The summed E-state index contributed by atoms with van der Waals surface area (Å²) in [5, 5.41) is 4.13. The topological polar surface area (TPSA) is 58.1 Å². The molecule has 0 spiro atoms. The molecule has 0 radical (unpaired) electrons. The number of hydrogen-bond donors (Lipinski definition) is 1. The van der Waals surface area contributed by atoms with Crippen molar-refractivity contribution in [1.29, 1.82) is 0 Å². The Bertz CT molecular complexity index is 713. The van der Waals surface area contributed by atoms with E-state index in [9.17, 15) is 4.79 Å². The van der Waals surface area contributed by atoms with Gasteiger partial charge >= 0.3 is 0 Å². The maximum atomic E-state index is 12.5. The first kappa shape index (κ1) is 17.0. The molecule has 1 fully saturated rings. The summed E-state index contributed by atoms with van der Waals surface area (Å²) >= 11 is 12.0. The number of benzene rings is 1. The average Bonchev–Trinajstić information content (AvgIpc) is 2.87. The number of anilines is 2. The number of hydrogen-bond acceptors (Lipinski definition) is 4. The molecule has 126 valence electrons. The number of halogens is 2. The molecule has 0 atom stereocenters. The number of rotatable bonds is 3. The van der Waals surface area contributed by atoms with Crippen molar-refractivity contribution >= 4 is 40.6 Å². The quantitative estimate of drug-likeness (QED) is 0.867. The summed E-state index contributed by atoms with van der Waals surface area (Å²) in [5.41, 5.74) is 1.05. The number of nitrogens with one attached hydrogen (secondary N) is 1. The number of nitrogens with zero attached hydrogens (tertiary/aromatic N) is 3. The van der Waals surface area contributed by atoms with Crippen molar-refractivity contribution in [2.75, 3.05) is 18.4 Å². The van der Waals surface area contributed by atoms with Gasteiger partial charge in [-0.2, -0.15) is 0 Å². The fourth-order valence-corrected chi connectivity index (χ4v) is 3.12. The fourth-order valence-electron chi connectivity index (χ4n) is 2.67. The monoisotopic (exact) mass is 364 g/mol. The van der Waals surface area contributed by atoms with Gasteiger partial charge in [0, 0.05) is 18.1 Å². The van der Waals surface area contributed by atoms with Crippen molar-refractivity contribution in [2.24, 2.45) is 0 Å². The van der Waals surface area contributed by atoms with Crippen LogP contribution in [0.1, 0.15) is 36.2 Å². The molecule has 0 bridgehead atoms. The van der Waals surface area contributed by atoms with E-state index < -0.39 is 0 Å². The summed E-state index contributed by atoms with van der Waals surface area (Å²) in [7, 11) is 0. The molecule has 0 unspecified atom stereocenters. The minimum absolute atomic E-state index is 0.0551. The van der Waals surface area contributed by atoms with Crippen LogP contribution in [-0.4, -0.2) is 33.9 Å². The van der Waals surface area contributed by atoms with Crippen LogP contribution in [0.4, 0.5) is 11.5 Å². The molecule has 5 nitrogen and oxygen atoms in total. The lowest BCUT2D eigenvalue weighted by molar-refractivity contribution is 0.0755. The van der Waals surface area contributed by atoms with Crippen molar-refractivity contribution in [3.8, 4) is 0 Å². The van der Waals surface area contributed by atoms with Crippen LogP contribution in [0.2, 0.25) is 10.0 Å². The Morgan fingerprint density at radius 2 is 1.79 bits per heavy atom. The predicted octanol–water partition coefficient (Wildman–Crippen LogP) is 4.54. The SMILES string of the molecule is O=C(c1cnc(Nc2ccc(Cl)cc2Cl)cn1)N1CCCCCC1. The van der Waals surface area contributed by atoms with E-state index in [0.29, 0.717) is 27.2 Å². The molecular weight excluding hydrogens is 347 g/mol. The molecule has 24 heavy (non-hydrogen) atoms. The van der Waals surface area contributed by atoms with Gasteiger partial charge in [-0.25, -0.2) is 9.97 Å². The third kappa shape index (κ3) is 4.16. The summed E-state index contributed by atoms with van der Waals surface area (Å²) < 4.78 is 0. The van der Waals surface area contributed by atoms with Gasteiger partial charge in [-0.3, -0.25) is 4.79 Å². The molecule has 1 aliphatic rings. The molecule has 7 heteroatoms. The van der Waals surface area contributed by atoms with Crippen LogP contribution < -0.4 is 5.32 Å². The van der Waals surface area contributed by atoms with Crippen molar-refractivity contribution in [3.05, 3.63) is 46.3 Å². The zero-order chi connectivity index (χ0) is 16.9. The van der Waals surface area contributed by atoms with Crippen LogP contribution in [-0.2, 0) is 0 Å². The van der Waals surface area contributed by atoms with Gasteiger partial charge in [0.05, 0.1) is 23.1 Å². The molecule has 0 aliphatic carbocycles. The van der Waals surface area contributed by atoms with Crippen molar-refractivity contribution in [2.45, 2.75) is 25.7 Å². The highest BCUT2D eigenvalue weighted by Crippen LogP contribution is 2.27. The van der Waals surface area contributed by atoms with Crippen LogP contribution in [0.5, 0.6) is 0 Å². The van der Waals surface area contributed by atoms with Gasteiger partial charge in [-0.15, -0.1) is 0 Å². The maximum absolute atomic E-state index is 12.5. The van der Waals surface area contributed by atoms with Crippen LogP contribution in [0.15, 0.2) is 30.6 Å². The minimum atomic E-state index is -0.0551. The molecule has 3 rings (SSSR count). The second-order valence-corrected chi connectivity index (χ2v) is 6.59. The number of carbonyl (C=O) groups excluding carboxylic acids is 1. The van der Waals surface area contributed by atoms with Crippen LogP contribution >= 0.6 is 23.2 Å². The van der Waals surface area contributed by atoms with Gasteiger partial charge in [-0.1, -0.05) is 36.0 Å². The lowest BCUT2D eigenvalue weighted by Gasteiger charge is -2.19. The summed E-state index contributed by atoms with van der Waals surface area (Å²) in [5.74, 6) is 0.465. The standard InChI is InChI=1S/C17H18Cl2N4O/c18-12-5-6-14(13(19)9-12)22-16-11-20-15(10-21-16)17(24)23-7-3-1-2-4-8-23/h5-6,9-11H,1-4,7-8H2,(H,21,22). The van der Waals surface area contributed by atoms with Crippen LogP contribution in [0, 0.1) is 0 Å². The Kier molecular flexibility index (Phi) is 5.53. The third-order valence-corrected chi connectivity index (χ3v) is 4.51. The molecule has 1 aromatic carbocycles. The third-order valence-electron chi connectivity index (χ3n) is 3.96. The Morgan fingerprint density at radius 3 is 2.42 bits per heavy atom. The van der Waals surface area contributed by atoms with E-state index in [0.717, 1.165) is 25.9 Å². The van der Waals surface area contributed by atoms with Crippen LogP contribution in [0.25, 0.3) is 0 Å². The fraction of sp³-hybridized carbons (Fsp3) is 0.353. The highest BCUT2D eigenvalue weighted by molar-refractivity contribution is 6.36. The van der Waals surface area contributed by atoms with Gasteiger partial charge in [0.2, 0.25) is 0 Å². The summed E-state index contributed by atoms with van der Waals surface area (Å²) in [6.45, 7) is 1.59. The Balaban J connectivity index is 1.69. The molecule has 2 aromatic rings. The number of aromatic nitrogens is 2. The van der Waals surface area contributed by atoms with E-state index in [1.165, 1.54) is 25.2 Å². The highest BCUT2D eigenvalue weighted by Gasteiger charge is 2.18. The predicted molar refractivity (Wildman–Crippen MR) is 96.1 cm³/mol. The molecule has 1 saturated heterocycles. The molecule has 1 aromatic heterocycles. The van der Waals surface area contributed by atoms with E-state index >= 15 is 0 Å². The Morgan fingerprint density at radius 1 is 1.04 bits per heavy atom. The highest BCUT2D eigenvalue weighted by atomic mass is 35.5. The van der Waals surface area contributed by atoms with Gasteiger partial charge in [0.1, 0.15) is 11.5 Å². The smallest absolute Gasteiger partial charge is 0.274 e. The van der Waals surface area contributed by atoms with Crippen LogP contribution in [0.3, 0.4) is 0 Å². The zero-order valence-corrected chi connectivity index (χ0v) is 14.6. The zero-order valence-electron chi connectivity index (χ0n) is 13.1. The van der Waals surface area contributed by atoms with Crippen molar-refractivity contribution in [3.63, 3.8) is 0 Å². The number of carbonyl (C=O) groups is 1. The van der Waals surface area contributed by atoms with E-state index in [1.807, 2.05) is 4.90 Å². The molecule has 2 heterocycles. The summed E-state index contributed by atoms with van der Waals surface area (Å²) in [4.78, 5) is 22.8. The van der Waals surface area contributed by atoms with Gasteiger partial charge in [0.25, 0.3) is 5.91 Å². The first-order chi connectivity index (χ1) is 11.6. The Labute approximate surface area is 151 Å². The van der Waals surface area contributed by atoms with Crippen molar-refractivity contribution in [1.82, 2.24) is 14.9 Å². The molecule has 1 amide bonds. The van der Waals surface area contributed by atoms with E-state index in [-0.39, 0.29) is 5.91 Å². The van der Waals surface area contributed by atoms with Gasteiger partial charge < -0.3 is 10.2 Å². The average molecular weight is 365 g/mol. The Hall–Kier alpha value is -1.85. The van der Waals surface area contributed by atoms with E-state index in [1.54, 1.807) is 18.2 Å². The second-order valence-electron chi connectivity index (χ2n) is 5.74. The normalized spacial score (nSPS) is 15.0. The summed E-state index contributed by atoms with van der Waals surface area (Å²) in [6.07, 6.45) is 7.50. The van der Waals surface area contributed by atoms with E-state index in [2.05, 4.69) is 15.3 Å². The first-order valence-corrected chi connectivity index (χ1v) is 8.72. The second kappa shape index (κ2) is 7.81. The largest absolute Gasteiger partial charge is 0.338 e. The lowest BCUT2D eigenvalue weighted by Crippen LogP contribution is -2.32. The maximum Gasteiger partial charge on any atom is 0.274 e. The number of amides is 1. The first-order valence-electron chi connectivity index (χ1n) is 7.97. The minimum Gasteiger partial charge on any atom is -0.338 e. The summed E-state index contributed by atoms with van der Waals surface area (Å²) in [6, 6.07) is 5.15. The van der Waals surface area contributed by atoms with Gasteiger partial charge in [0.15, 0.2) is 0 Å². The molecule has 1 aliphatic heterocycles. The van der Waals surface area contributed by atoms with E-state index in [4.69, 9.17) is 23.2 Å². The van der Waals surface area contributed by atoms with Gasteiger partial charge in [-0.05, 0) is 31.0 Å². The molecule has 1 N–H and O–H groups in total.